The maximum atomic E-state index is 12.4. The number of Topliss-reactive ketones (excluding diaryl/α,β-unsaturated/α-hetero) is 1. The van der Waals surface area contributed by atoms with Gasteiger partial charge in [-0.3, -0.25) is 9.59 Å². The van der Waals surface area contributed by atoms with Gasteiger partial charge in [0.15, 0.2) is 5.78 Å². The minimum atomic E-state index is -0.320. The van der Waals surface area contributed by atoms with E-state index in [2.05, 4.69) is 6.58 Å². The van der Waals surface area contributed by atoms with Crippen LogP contribution in [0.15, 0.2) is 24.8 Å². The summed E-state index contributed by atoms with van der Waals surface area (Å²) < 4.78 is 0. The lowest BCUT2D eigenvalue weighted by Gasteiger charge is -2.38. The molecule has 1 saturated carbocycles. The van der Waals surface area contributed by atoms with E-state index in [1.807, 2.05) is 12.2 Å². The van der Waals surface area contributed by atoms with Crippen molar-refractivity contribution >= 4 is 11.6 Å². The second-order valence-electron chi connectivity index (χ2n) is 4.93. The zero-order valence-electron chi connectivity index (χ0n) is 9.58. The van der Waals surface area contributed by atoms with Crippen molar-refractivity contribution < 1.29 is 9.59 Å². The summed E-state index contributed by atoms with van der Waals surface area (Å²) in [4.78, 5) is 23.6. The first kappa shape index (κ1) is 11.3. The number of hydrogen-bond acceptors (Lipinski definition) is 2. The van der Waals surface area contributed by atoms with Gasteiger partial charge in [0.05, 0.1) is 0 Å². The van der Waals surface area contributed by atoms with Gasteiger partial charge >= 0.3 is 0 Å². The molecule has 2 aliphatic rings. The van der Waals surface area contributed by atoms with Gasteiger partial charge in [0.2, 0.25) is 0 Å². The van der Waals surface area contributed by atoms with Crippen LogP contribution in [0.1, 0.15) is 38.5 Å². The van der Waals surface area contributed by atoms with E-state index in [0.717, 1.165) is 32.1 Å². The summed E-state index contributed by atoms with van der Waals surface area (Å²) in [6.45, 7) is 3.71. The van der Waals surface area contributed by atoms with Crippen molar-refractivity contribution in [1.82, 2.24) is 0 Å². The molecule has 0 N–H and O–H groups in total. The number of carbonyl (C=O) groups excluding carboxylic acids is 2. The average Bonchev–Trinajstić information content (AvgIpc) is 2.29. The van der Waals surface area contributed by atoms with Gasteiger partial charge in [-0.25, -0.2) is 0 Å². The maximum Gasteiger partial charge on any atom is 0.155 e. The van der Waals surface area contributed by atoms with Crippen LogP contribution < -0.4 is 0 Å². The van der Waals surface area contributed by atoms with E-state index >= 15 is 0 Å². The molecular formula is C14H18O2. The van der Waals surface area contributed by atoms with Crippen LogP contribution in [-0.4, -0.2) is 11.6 Å². The molecule has 1 spiro atoms. The van der Waals surface area contributed by atoms with Crippen molar-refractivity contribution in [2.45, 2.75) is 38.5 Å². The highest BCUT2D eigenvalue weighted by Gasteiger charge is 2.43. The van der Waals surface area contributed by atoms with Gasteiger partial charge in [-0.05, 0) is 31.8 Å². The lowest BCUT2D eigenvalue weighted by atomic mass is 9.63. The Morgan fingerprint density at radius 2 is 2.25 bits per heavy atom. The lowest BCUT2D eigenvalue weighted by molar-refractivity contribution is -0.134. The van der Waals surface area contributed by atoms with E-state index in [4.69, 9.17) is 0 Å². The van der Waals surface area contributed by atoms with Gasteiger partial charge < -0.3 is 0 Å². The van der Waals surface area contributed by atoms with Crippen molar-refractivity contribution in [3.8, 4) is 0 Å². The van der Waals surface area contributed by atoms with Crippen LogP contribution in [0, 0.1) is 11.3 Å². The van der Waals surface area contributed by atoms with E-state index < -0.39 is 0 Å². The zero-order valence-corrected chi connectivity index (χ0v) is 9.58. The smallest absolute Gasteiger partial charge is 0.155 e. The summed E-state index contributed by atoms with van der Waals surface area (Å²) in [6.07, 6.45) is 10.3. The molecule has 0 bridgehead atoms. The van der Waals surface area contributed by atoms with Crippen LogP contribution in [0.2, 0.25) is 0 Å². The van der Waals surface area contributed by atoms with Crippen LogP contribution >= 0.6 is 0 Å². The number of carbonyl (C=O) groups is 2. The Balaban J connectivity index is 2.20. The van der Waals surface area contributed by atoms with Gasteiger partial charge in [0, 0.05) is 17.8 Å². The predicted octanol–water partition coefficient (Wildman–Crippen LogP) is 2.84. The Kier molecular flexibility index (Phi) is 3.08. The Morgan fingerprint density at radius 3 is 2.88 bits per heavy atom. The number of rotatable bonds is 2. The van der Waals surface area contributed by atoms with Gasteiger partial charge in [-0.1, -0.05) is 18.6 Å². The lowest BCUT2D eigenvalue weighted by Crippen LogP contribution is -2.40. The van der Waals surface area contributed by atoms with Crippen LogP contribution in [0.4, 0.5) is 0 Å². The highest BCUT2D eigenvalue weighted by atomic mass is 16.1. The minimum Gasteiger partial charge on any atom is -0.298 e. The third kappa shape index (κ3) is 1.89. The maximum absolute atomic E-state index is 12.4. The summed E-state index contributed by atoms with van der Waals surface area (Å²) in [6, 6.07) is 0. The van der Waals surface area contributed by atoms with Gasteiger partial charge in [0.25, 0.3) is 0 Å². The predicted molar refractivity (Wildman–Crippen MR) is 63.0 cm³/mol. The monoisotopic (exact) mass is 218 g/mol. The van der Waals surface area contributed by atoms with Crippen molar-refractivity contribution in [1.29, 1.82) is 0 Å². The van der Waals surface area contributed by atoms with Gasteiger partial charge in [-0.15, -0.1) is 6.58 Å². The molecule has 0 aromatic heterocycles. The summed E-state index contributed by atoms with van der Waals surface area (Å²) >= 11 is 0. The van der Waals surface area contributed by atoms with Crippen molar-refractivity contribution in [3.05, 3.63) is 24.8 Å². The standard InChI is InChI=1S/C14H18O2/c1-2-4-11-5-3-8-14(13(11)16)9-6-12(15)7-10-14/h2,6,9,11H,1,3-5,7-8,10H2/t11-,14-/m1/s1. The molecule has 0 aromatic carbocycles. The molecular weight excluding hydrogens is 200 g/mol. The average molecular weight is 218 g/mol. The summed E-state index contributed by atoms with van der Waals surface area (Å²) in [5.41, 5.74) is -0.320. The Hall–Kier alpha value is -1.18. The third-order valence-corrected chi connectivity index (χ3v) is 3.89. The van der Waals surface area contributed by atoms with E-state index in [1.165, 1.54) is 0 Å². The van der Waals surface area contributed by atoms with Crippen LogP contribution in [0.3, 0.4) is 0 Å². The summed E-state index contributed by atoms with van der Waals surface area (Å²) in [5, 5.41) is 0. The molecule has 1 fully saturated rings. The fourth-order valence-corrected chi connectivity index (χ4v) is 2.93. The van der Waals surface area contributed by atoms with E-state index in [-0.39, 0.29) is 17.1 Å². The largest absolute Gasteiger partial charge is 0.298 e. The van der Waals surface area contributed by atoms with E-state index in [0.29, 0.717) is 12.2 Å². The first-order valence-electron chi connectivity index (χ1n) is 6.05. The van der Waals surface area contributed by atoms with E-state index in [9.17, 15) is 9.59 Å². The van der Waals surface area contributed by atoms with Crippen molar-refractivity contribution in [2.24, 2.45) is 11.3 Å². The molecule has 0 radical (unpaired) electrons. The molecule has 2 atom stereocenters. The van der Waals surface area contributed by atoms with Crippen LogP contribution in [0.5, 0.6) is 0 Å². The molecule has 0 saturated heterocycles. The molecule has 2 heteroatoms. The van der Waals surface area contributed by atoms with Gasteiger partial charge in [-0.2, -0.15) is 0 Å². The van der Waals surface area contributed by atoms with Crippen LogP contribution in [0.25, 0.3) is 0 Å². The Morgan fingerprint density at radius 1 is 1.44 bits per heavy atom. The highest BCUT2D eigenvalue weighted by molar-refractivity contribution is 5.96. The summed E-state index contributed by atoms with van der Waals surface area (Å²) in [5.74, 6) is 0.621. The molecule has 0 heterocycles. The van der Waals surface area contributed by atoms with Crippen LogP contribution in [-0.2, 0) is 9.59 Å². The third-order valence-electron chi connectivity index (χ3n) is 3.89. The van der Waals surface area contributed by atoms with Gasteiger partial charge in [0.1, 0.15) is 5.78 Å². The molecule has 2 aliphatic carbocycles. The fraction of sp³-hybridized carbons (Fsp3) is 0.571. The number of allylic oxidation sites excluding steroid dienone is 3. The SMILES string of the molecule is C=CC[C@@H]1CCC[C@]2(C=CC(=O)CC2)C1=O. The van der Waals surface area contributed by atoms with E-state index in [1.54, 1.807) is 6.08 Å². The highest BCUT2D eigenvalue weighted by Crippen LogP contribution is 2.43. The summed E-state index contributed by atoms with van der Waals surface area (Å²) in [7, 11) is 0. The molecule has 2 rings (SSSR count). The Bertz CT molecular complexity index is 354. The minimum absolute atomic E-state index is 0.129. The molecule has 0 aromatic rings. The molecule has 0 unspecified atom stereocenters. The molecule has 2 nitrogen and oxygen atoms in total. The molecule has 86 valence electrons. The topological polar surface area (TPSA) is 34.1 Å². The molecule has 0 amide bonds. The normalized spacial score (nSPS) is 34.4. The molecule has 0 aliphatic heterocycles. The number of hydrogen-bond donors (Lipinski definition) is 0. The number of ketones is 2. The quantitative estimate of drug-likeness (QED) is 0.668. The van der Waals surface area contributed by atoms with Crippen molar-refractivity contribution in [3.63, 3.8) is 0 Å². The Labute approximate surface area is 96.4 Å². The molecule has 16 heavy (non-hydrogen) atoms. The second-order valence-corrected chi connectivity index (χ2v) is 4.93. The first-order valence-corrected chi connectivity index (χ1v) is 6.05. The zero-order chi connectivity index (χ0) is 11.6. The first-order chi connectivity index (χ1) is 7.68. The fourth-order valence-electron chi connectivity index (χ4n) is 2.93. The van der Waals surface area contributed by atoms with Crippen molar-refractivity contribution in [2.75, 3.05) is 0 Å². The second kappa shape index (κ2) is 4.36.